The van der Waals surface area contributed by atoms with Crippen molar-refractivity contribution >= 4 is 54.9 Å². The molecule has 0 radical (unpaired) electrons. The Morgan fingerprint density at radius 2 is 1.54 bits per heavy atom. The van der Waals surface area contributed by atoms with Gasteiger partial charge in [0, 0.05) is 16.7 Å². The monoisotopic (exact) mass is 477 g/mol. The highest BCUT2D eigenvalue weighted by molar-refractivity contribution is 9.10. The van der Waals surface area contributed by atoms with Gasteiger partial charge in [-0.15, -0.1) is 0 Å². The van der Waals surface area contributed by atoms with Crippen molar-refractivity contribution < 1.29 is 9.90 Å². The van der Waals surface area contributed by atoms with Crippen LogP contribution in [0, 0.1) is 6.57 Å². The van der Waals surface area contributed by atoms with Gasteiger partial charge in [-0.2, -0.15) is 0 Å². The molecule has 4 aromatic rings. The molecule has 0 atom stereocenters. The molecule has 9 heteroatoms. The maximum absolute atomic E-state index is 10.7. The highest BCUT2D eigenvalue weighted by Gasteiger charge is 2.09. The number of aromatic nitrogens is 4. The van der Waals surface area contributed by atoms with E-state index in [2.05, 4.69) is 46.7 Å². The molecular formula is C17H13Br2N5O2. The Hall–Kier alpha value is -2.70. The number of carboxylic acids is 1. The summed E-state index contributed by atoms with van der Waals surface area (Å²) < 4.78 is 5.03. The van der Waals surface area contributed by atoms with Gasteiger partial charge < -0.3 is 9.95 Å². The van der Waals surface area contributed by atoms with Gasteiger partial charge in [0.1, 0.15) is 5.65 Å². The molecule has 4 rings (SSSR count). The first kappa shape index (κ1) is 19.6. The fourth-order valence-corrected chi connectivity index (χ4v) is 2.81. The second-order valence-corrected chi connectivity index (χ2v) is 6.66. The van der Waals surface area contributed by atoms with Gasteiger partial charge in [-0.3, -0.25) is 4.40 Å². The number of pyridine rings is 2. The predicted octanol–water partition coefficient (Wildman–Crippen LogP) is 5.08. The minimum atomic E-state index is -0.981. The molecule has 4 heterocycles. The van der Waals surface area contributed by atoms with Crippen LogP contribution in [-0.2, 0) is 0 Å². The molecule has 132 valence electrons. The zero-order chi connectivity index (χ0) is 18.0. The quantitative estimate of drug-likeness (QED) is 0.387. The van der Waals surface area contributed by atoms with Crippen LogP contribution in [0.25, 0.3) is 16.1 Å². The molecule has 0 aliphatic rings. The van der Waals surface area contributed by atoms with E-state index in [1.54, 1.807) is 22.9 Å². The van der Waals surface area contributed by atoms with Gasteiger partial charge >= 0.3 is 5.97 Å². The predicted molar refractivity (Wildman–Crippen MR) is 106 cm³/mol. The molecule has 0 saturated carbocycles. The first-order valence-electron chi connectivity index (χ1n) is 6.85. The van der Waals surface area contributed by atoms with Crippen LogP contribution in [0.15, 0.2) is 58.0 Å². The van der Waals surface area contributed by atoms with Gasteiger partial charge in [0.05, 0.1) is 23.1 Å². The van der Waals surface area contributed by atoms with E-state index in [4.69, 9.17) is 11.7 Å². The molecule has 4 aromatic heterocycles. The van der Waals surface area contributed by atoms with Crippen LogP contribution in [0.1, 0.15) is 17.9 Å². The first-order valence-corrected chi connectivity index (χ1v) is 8.44. The van der Waals surface area contributed by atoms with Crippen molar-refractivity contribution in [3.63, 3.8) is 0 Å². The van der Waals surface area contributed by atoms with E-state index in [9.17, 15) is 4.79 Å². The van der Waals surface area contributed by atoms with Crippen LogP contribution in [-0.4, -0.2) is 29.8 Å². The highest BCUT2D eigenvalue weighted by atomic mass is 79.9. The Balaban J connectivity index is 0.000000180. The first-order chi connectivity index (χ1) is 12.0. The minimum Gasteiger partial charge on any atom is -0.477 e. The third-order valence-corrected chi connectivity index (χ3v) is 4.19. The van der Waals surface area contributed by atoms with Crippen molar-refractivity contribution in [1.29, 1.82) is 0 Å². The summed E-state index contributed by atoms with van der Waals surface area (Å²) in [6.07, 6.45) is 6.40. The van der Waals surface area contributed by atoms with Gasteiger partial charge in [-0.1, -0.05) is 14.0 Å². The SMILES string of the molecule is C.O=C(O)c1cnc2ccc(Br)cn12.[C-]#[N+]c1cnc2ccc(Br)cn12. The standard InChI is InChI=1S/C8H4BrN3.C8H5BrN2O2.CH4/c1-10-8-4-11-7-3-2-6(9)5-12(7)8;9-5-1-2-7-10-3-6(8(12)13)11(7)4-5;/h2-5H;1-4H,(H,12,13);1H4. The number of rotatable bonds is 1. The topological polar surface area (TPSA) is 76.3 Å². The van der Waals surface area contributed by atoms with Gasteiger partial charge in [0.15, 0.2) is 5.69 Å². The smallest absolute Gasteiger partial charge is 0.354 e. The average molecular weight is 479 g/mol. The molecule has 0 saturated heterocycles. The van der Waals surface area contributed by atoms with Crippen molar-refractivity contribution in [3.8, 4) is 0 Å². The van der Waals surface area contributed by atoms with Crippen molar-refractivity contribution in [1.82, 2.24) is 18.8 Å². The molecule has 0 aliphatic heterocycles. The van der Waals surface area contributed by atoms with Gasteiger partial charge in [-0.25, -0.2) is 19.2 Å². The summed E-state index contributed by atoms with van der Waals surface area (Å²) >= 11 is 6.59. The number of carbonyl (C=O) groups is 1. The van der Waals surface area contributed by atoms with Crippen molar-refractivity contribution in [2.24, 2.45) is 0 Å². The summed E-state index contributed by atoms with van der Waals surface area (Å²) in [7, 11) is 0. The maximum atomic E-state index is 10.7. The van der Waals surface area contributed by atoms with E-state index in [-0.39, 0.29) is 13.1 Å². The normalized spacial score (nSPS) is 9.88. The molecule has 0 bridgehead atoms. The van der Waals surface area contributed by atoms with E-state index in [1.807, 2.05) is 24.4 Å². The van der Waals surface area contributed by atoms with Crippen LogP contribution in [0.3, 0.4) is 0 Å². The lowest BCUT2D eigenvalue weighted by atomic mass is 10.4. The molecule has 0 unspecified atom stereocenters. The highest BCUT2D eigenvalue weighted by Crippen LogP contribution is 2.18. The van der Waals surface area contributed by atoms with E-state index in [0.717, 1.165) is 14.6 Å². The Morgan fingerprint density at radius 3 is 2.12 bits per heavy atom. The van der Waals surface area contributed by atoms with E-state index >= 15 is 0 Å². The lowest BCUT2D eigenvalue weighted by Crippen LogP contribution is -2.00. The minimum absolute atomic E-state index is 0. The van der Waals surface area contributed by atoms with Crippen molar-refractivity contribution in [2.45, 2.75) is 7.43 Å². The summed E-state index contributed by atoms with van der Waals surface area (Å²) in [4.78, 5) is 22.0. The Kier molecular flexibility index (Phi) is 6.13. The number of hydrogen-bond acceptors (Lipinski definition) is 3. The zero-order valence-electron chi connectivity index (χ0n) is 12.5. The summed E-state index contributed by atoms with van der Waals surface area (Å²) in [5.74, 6) is -0.447. The molecule has 7 nitrogen and oxygen atoms in total. The molecule has 0 amide bonds. The number of hydrogen-bond donors (Lipinski definition) is 1. The molecular weight excluding hydrogens is 466 g/mol. The average Bonchev–Trinajstić information content (AvgIpc) is 3.18. The van der Waals surface area contributed by atoms with Gasteiger partial charge in [0.2, 0.25) is 5.65 Å². The Bertz CT molecular complexity index is 1130. The molecule has 0 aliphatic carbocycles. The third-order valence-electron chi connectivity index (χ3n) is 3.25. The van der Waals surface area contributed by atoms with E-state index in [1.165, 1.54) is 10.6 Å². The fourth-order valence-electron chi connectivity index (χ4n) is 2.14. The largest absolute Gasteiger partial charge is 0.477 e. The van der Waals surface area contributed by atoms with Gasteiger partial charge in [-0.05, 0) is 50.1 Å². The lowest BCUT2D eigenvalue weighted by molar-refractivity contribution is 0.0689. The summed E-state index contributed by atoms with van der Waals surface area (Å²) in [5.41, 5.74) is 1.58. The Labute approximate surface area is 166 Å². The summed E-state index contributed by atoms with van der Waals surface area (Å²) in [6.45, 7) is 6.86. The summed E-state index contributed by atoms with van der Waals surface area (Å²) in [6, 6.07) is 7.32. The third kappa shape index (κ3) is 3.92. The maximum Gasteiger partial charge on any atom is 0.354 e. The molecule has 0 aromatic carbocycles. The number of aromatic carboxylic acids is 1. The molecule has 0 fully saturated rings. The second-order valence-electron chi connectivity index (χ2n) is 4.83. The van der Waals surface area contributed by atoms with Crippen LogP contribution in [0.4, 0.5) is 5.82 Å². The van der Waals surface area contributed by atoms with Crippen molar-refractivity contribution in [2.75, 3.05) is 0 Å². The number of carboxylic acid groups (broad SMARTS) is 1. The number of imidazole rings is 2. The van der Waals surface area contributed by atoms with E-state index in [0.29, 0.717) is 11.5 Å². The Morgan fingerprint density at radius 1 is 1.00 bits per heavy atom. The molecule has 1 N–H and O–H groups in total. The van der Waals surface area contributed by atoms with Crippen LogP contribution < -0.4 is 0 Å². The lowest BCUT2D eigenvalue weighted by Gasteiger charge is -1.96. The molecule has 0 spiro atoms. The molecule has 26 heavy (non-hydrogen) atoms. The second kappa shape index (κ2) is 8.12. The zero-order valence-corrected chi connectivity index (χ0v) is 15.6. The van der Waals surface area contributed by atoms with Crippen LogP contribution in [0.2, 0.25) is 0 Å². The summed E-state index contributed by atoms with van der Waals surface area (Å²) in [5, 5.41) is 8.79. The number of halogens is 2. The van der Waals surface area contributed by atoms with Crippen LogP contribution in [0.5, 0.6) is 0 Å². The van der Waals surface area contributed by atoms with Crippen LogP contribution >= 0.6 is 31.9 Å². The van der Waals surface area contributed by atoms with Crippen molar-refractivity contribution in [3.05, 3.63) is 75.1 Å². The number of fused-ring (bicyclic) bond motifs is 2. The van der Waals surface area contributed by atoms with E-state index < -0.39 is 5.97 Å². The number of nitrogens with zero attached hydrogens (tertiary/aromatic N) is 5. The van der Waals surface area contributed by atoms with Gasteiger partial charge in [0.25, 0.3) is 5.82 Å². The fraction of sp³-hybridized carbons (Fsp3) is 0.0588.